The van der Waals surface area contributed by atoms with Gasteiger partial charge in [0.05, 0.1) is 24.5 Å². The molecule has 0 saturated carbocycles. The fraction of sp³-hybridized carbons (Fsp3) is 0.583. The molecule has 44 nitrogen and oxygen atoms in total. The highest BCUT2D eigenvalue weighted by Crippen LogP contribution is 2.23. The van der Waals surface area contributed by atoms with Crippen molar-refractivity contribution in [3.8, 4) is 0 Å². The number of rotatable bonds is 50. The molecule has 4 rings (SSSR count). The third kappa shape index (κ3) is 32.9. The molecule has 0 radical (unpaired) electrons. The molecule has 1 fully saturated rings. The van der Waals surface area contributed by atoms with Gasteiger partial charge in [-0.3, -0.25) is 87.5 Å². The van der Waals surface area contributed by atoms with Crippen LogP contribution in [0, 0.1) is 22.7 Å². The lowest BCUT2D eigenvalue weighted by molar-refractivity contribution is -0.143. The van der Waals surface area contributed by atoms with Crippen LogP contribution in [0.5, 0.6) is 0 Å². The smallest absolute Gasteiger partial charge is 0.326 e. The van der Waals surface area contributed by atoms with Crippen LogP contribution >= 0.6 is 0 Å². The molecule has 0 unspecified atom stereocenters. The number of imidazole rings is 1. The predicted octanol–water partition coefficient (Wildman–Crippen LogP) is -6.40. The van der Waals surface area contributed by atoms with Gasteiger partial charge in [-0.15, -0.1) is 0 Å². The van der Waals surface area contributed by atoms with Crippen molar-refractivity contribution in [1.82, 2.24) is 94.3 Å². The minimum absolute atomic E-state index is 0.0335. The van der Waals surface area contributed by atoms with E-state index in [-0.39, 0.29) is 101 Å². The number of carboxylic acid groups (broad SMARTS) is 2. The van der Waals surface area contributed by atoms with Gasteiger partial charge in [0.15, 0.2) is 11.9 Å². The number of carbonyl (C=O) groups excluding carboxylic acids is 15. The number of nitrogens with one attached hydrogen (secondary N) is 18. The van der Waals surface area contributed by atoms with Gasteiger partial charge in [0.1, 0.15) is 78.5 Å². The van der Waals surface area contributed by atoms with Crippen LogP contribution in [0.4, 0.5) is 0 Å². The van der Waals surface area contributed by atoms with Crippen LogP contribution in [0.25, 0.3) is 10.9 Å². The van der Waals surface area contributed by atoms with Gasteiger partial charge in [-0.1, -0.05) is 45.9 Å². The Bertz CT molecular complexity index is 3980. The molecule has 2 aromatic heterocycles. The van der Waals surface area contributed by atoms with Gasteiger partial charge in [-0.05, 0) is 115 Å². The Hall–Kier alpha value is -12.5. The minimum atomic E-state index is -1.85. The van der Waals surface area contributed by atoms with Crippen LogP contribution in [0.1, 0.15) is 150 Å². The zero-order valence-electron chi connectivity index (χ0n) is 66.1. The van der Waals surface area contributed by atoms with E-state index in [4.69, 9.17) is 39.5 Å². The van der Waals surface area contributed by atoms with E-state index in [1.807, 2.05) is 0 Å². The Morgan fingerprint density at radius 3 is 1.41 bits per heavy atom. The van der Waals surface area contributed by atoms with Crippen molar-refractivity contribution in [2.45, 2.75) is 236 Å². The number of aromatic nitrogens is 3. The van der Waals surface area contributed by atoms with Crippen LogP contribution in [0.15, 0.2) is 43.0 Å². The fourth-order valence-corrected chi connectivity index (χ4v) is 12.2. The first-order valence-corrected chi connectivity index (χ1v) is 38.0. The third-order valence-corrected chi connectivity index (χ3v) is 18.4. The number of fused-ring (bicyclic) bond motifs is 1. The summed E-state index contributed by atoms with van der Waals surface area (Å²) in [5.41, 5.74) is 29.0. The standard InChI is InChI=1S/C72H113N25O19/c1-34(2)26-48(94-67(112)49(27-35(3)4)93-61(106)44(16-11-23-81-71(76)77)88-58(103)38(7)86-64(109)50(92-60(105)37(6)85-57(102)36(5)73)28-40-31-83-43-15-10-9-14-42(40)43)66(111)90-45(19-21-54(74)98)62(107)89-46(20-22-56(100)101)63(108)96-52(29-41-32-80-33-84-41)69(114)97-25-13-18-53(97)68(113)95-51(30-55(75)99)65(110)87-39(8)59(104)91-47(70(115)116)17-12-24-82-72(78)79/h9-10,14-15,31-39,44-53,83H,11-13,16-30,73H2,1-8H3,(H2,74,98)(H2,75,99)(H,80,84)(H,85,102)(H,86,109)(H,87,110)(H,88,103)(H,89,107)(H,90,111)(H,91,104)(H,92,105)(H,93,106)(H,94,112)(H,95,113)(H,96,108)(H,100,101)(H,115,116)(H4,76,77,81)(H4,78,79,82)/t36-,37-,38-,39-,44-,45-,46-,47-,48-,49-,50-,51-,52-,53-/m0/s1. The molecular weight excluding hydrogens is 1520 g/mol. The Morgan fingerprint density at radius 1 is 0.500 bits per heavy atom. The molecule has 640 valence electrons. The van der Waals surface area contributed by atoms with Crippen molar-refractivity contribution in [2.75, 3.05) is 19.6 Å². The Balaban J connectivity index is 1.58. The monoisotopic (exact) mass is 1630 g/mol. The molecule has 116 heavy (non-hydrogen) atoms. The van der Waals surface area contributed by atoms with Gasteiger partial charge >= 0.3 is 11.9 Å². The summed E-state index contributed by atoms with van der Waals surface area (Å²) in [5, 5.41) is 70.4. The van der Waals surface area contributed by atoms with Crippen LogP contribution in [0.2, 0.25) is 0 Å². The lowest BCUT2D eigenvalue weighted by Crippen LogP contribution is -2.61. The molecule has 14 atom stereocenters. The number of guanidine groups is 2. The maximum atomic E-state index is 14.8. The van der Waals surface area contributed by atoms with Crippen LogP contribution in [-0.2, 0) is 94.3 Å². The summed E-state index contributed by atoms with van der Waals surface area (Å²) in [6.45, 7) is 12.1. The normalized spacial score (nSPS) is 15.8. The maximum Gasteiger partial charge on any atom is 0.326 e. The zero-order chi connectivity index (χ0) is 86.8. The molecule has 1 saturated heterocycles. The number of hydrogen-bond acceptors (Lipinski definition) is 21. The van der Waals surface area contributed by atoms with Crippen molar-refractivity contribution in [3.05, 3.63) is 54.2 Å². The molecule has 30 N–H and O–H groups in total. The third-order valence-electron chi connectivity index (χ3n) is 18.4. The van der Waals surface area contributed by atoms with Gasteiger partial charge in [0, 0.05) is 68.6 Å². The predicted molar refractivity (Wildman–Crippen MR) is 417 cm³/mol. The van der Waals surface area contributed by atoms with E-state index in [1.165, 1.54) is 40.2 Å². The lowest BCUT2D eigenvalue weighted by atomic mass is 9.99. The quantitative estimate of drug-likeness (QED) is 0.0142. The van der Waals surface area contributed by atoms with E-state index in [0.717, 1.165) is 15.8 Å². The number of amides is 15. The second-order valence-electron chi connectivity index (χ2n) is 29.2. The molecule has 1 aliphatic rings. The van der Waals surface area contributed by atoms with Gasteiger partial charge in [0.25, 0.3) is 0 Å². The second-order valence-corrected chi connectivity index (χ2v) is 29.2. The topological polar surface area (TPSA) is 725 Å². The molecule has 0 bridgehead atoms. The molecular formula is C72H113N25O19. The summed E-state index contributed by atoms with van der Waals surface area (Å²) < 4.78 is 0. The van der Waals surface area contributed by atoms with E-state index in [2.05, 4.69) is 89.4 Å². The minimum Gasteiger partial charge on any atom is -0.481 e. The number of aromatic amines is 2. The number of benzene rings is 1. The summed E-state index contributed by atoms with van der Waals surface area (Å²) in [4.78, 5) is 243. The summed E-state index contributed by atoms with van der Waals surface area (Å²) in [7, 11) is 0. The highest BCUT2D eigenvalue weighted by molar-refractivity contribution is 6.01. The number of nitrogens with zero attached hydrogens (tertiary/aromatic N) is 2. The van der Waals surface area contributed by atoms with Crippen molar-refractivity contribution in [3.63, 3.8) is 0 Å². The Morgan fingerprint density at radius 2 is 0.940 bits per heavy atom. The van der Waals surface area contributed by atoms with E-state index >= 15 is 0 Å². The molecule has 0 aliphatic carbocycles. The number of nitrogens with two attached hydrogens (primary N) is 5. The molecule has 3 aromatic rings. The van der Waals surface area contributed by atoms with Crippen LogP contribution in [0.3, 0.4) is 0 Å². The Labute approximate surface area is 668 Å². The van der Waals surface area contributed by atoms with E-state index in [0.29, 0.717) is 5.56 Å². The average molecular weight is 1630 g/mol. The van der Waals surface area contributed by atoms with Gasteiger partial charge in [-0.2, -0.15) is 0 Å². The highest BCUT2D eigenvalue weighted by atomic mass is 16.4. The van der Waals surface area contributed by atoms with E-state index < -0.39 is 230 Å². The number of aliphatic carboxylic acids is 2. The number of primary amides is 2. The first-order valence-electron chi connectivity index (χ1n) is 38.0. The first kappa shape index (κ1) is 95.8. The molecule has 15 amide bonds. The molecule has 44 heteroatoms. The second kappa shape index (κ2) is 47.2. The average Bonchev–Trinajstić information content (AvgIpc) is 1.64. The largest absolute Gasteiger partial charge is 0.481 e. The van der Waals surface area contributed by atoms with Gasteiger partial charge < -0.3 is 128 Å². The first-order chi connectivity index (χ1) is 54.5. The number of H-pyrrole nitrogens is 2. The summed E-state index contributed by atoms with van der Waals surface area (Å²) in [5.74, 6) is -18.8. The lowest BCUT2D eigenvalue weighted by Gasteiger charge is -2.31. The summed E-state index contributed by atoms with van der Waals surface area (Å²) in [6, 6.07) is -13.5. The number of hydrogen-bond donors (Lipinski definition) is 25. The van der Waals surface area contributed by atoms with Gasteiger partial charge in [0.2, 0.25) is 88.6 Å². The van der Waals surface area contributed by atoms with Crippen LogP contribution < -0.4 is 103 Å². The number of carboxylic acids is 2. The fourth-order valence-electron chi connectivity index (χ4n) is 12.2. The van der Waals surface area contributed by atoms with Gasteiger partial charge in [-0.25, -0.2) is 9.78 Å². The Kier molecular flexibility index (Phi) is 39.0. The van der Waals surface area contributed by atoms with Crippen molar-refractivity contribution in [2.24, 2.45) is 40.5 Å². The van der Waals surface area contributed by atoms with E-state index in [9.17, 15) is 91.7 Å². The molecule has 1 aromatic carbocycles. The van der Waals surface area contributed by atoms with Crippen LogP contribution in [-0.4, -0.2) is 247 Å². The van der Waals surface area contributed by atoms with Crippen molar-refractivity contribution < 1.29 is 91.7 Å². The van der Waals surface area contributed by atoms with Crippen molar-refractivity contribution in [1.29, 1.82) is 10.8 Å². The number of likely N-dealkylation sites (tertiary alicyclic amines) is 1. The number of para-hydroxylation sites is 1. The summed E-state index contributed by atoms with van der Waals surface area (Å²) >= 11 is 0. The maximum absolute atomic E-state index is 14.8. The highest BCUT2D eigenvalue weighted by Gasteiger charge is 2.42. The SMILES string of the molecule is CC(C)C[C@H](NC(=O)[C@H](CCCNC(=N)N)NC(=O)[C@H](C)NC(=O)[C@H](Cc1c[nH]c2ccccc12)NC(=O)[C@H](C)NC(=O)[C@H](C)N)C(=O)N[C@@H](CC(C)C)C(=O)N[C@@H](CCC(N)=O)C(=O)N[C@@H](CCC(=O)O)C(=O)N[C@@H](Cc1c[nH]cn1)C(=O)N1CCC[C@H]1C(=O)N[C@@H](CC(N)=O)C(=O)N[C@@H](C)C(=O)N[C@@H](CCCNC(=N)N)C(=O)O. The zero-order valence-corrected chi connectivity index (χ0v) is 66.1. The number of carbonyl (C=O) groups is 17. The molecule has 3 heterocycles. The van der Waals surface area contributed by atoms with E-state index in [1.54, 1.807) is 58.2 Å². The summed E-state index contributed by atoms with van der Waals surface area (Å²) in [6.07, 6.45) is 0.265. The molecule has 1 aliphatic heterocycles. The van der Waals surface area contributed by atoms with Crippen molar-refractivity contribution >= 4 is 123 Å². The molecule has 0 spiro atoms.